The minimum atomic E-state index is -2.16. The van der Waals surface area contributed by atoms with Gasteiger partial charge >= 0.3 is 11.9 Å². The molecular formula is C21H27N3O7SSi. The summed E-state index contributed by atoms with van der Waals surface area (Å²) in [6.45, 7) is 11.7. The molecule has 0 spiro atoms. The lowest BCUT2D eigenvalue weighted by Crippen LogP contribution is -2.65. The normalized spacial score (nSPS) is 19.2. The molecule has 0 radical (unpaired) electrons. The van der Waals surface area contributed by atoms with Gasteiger partial charge in [-0.15, -0.1) is 0 Å². The molecule has 10 nitrogen and oxygen atoms in total. The Kier molecular flexibility index (Phi) is 8.02. The van der Waals surface area contributed by atoms with Crippen molar-refractivity contribution in [2.75, 3.05) is 6.54 Å². The Bertz CT molecular complexity index is 1000. The van der Waals surface area contributed by atoms with Crippen LogP contribution in [0.25, 0.3) is 0 Å². The van der Waals surface area contributed by atoms with E-state index in [1.807, 2.05) is 0 Å². The molecule has 1 heterocycles. The van der Waals surface area contributed by atoms with Gasteiger partial charge in [0, 0.05) is 12.1 Å². The maximum absolute atomic E-state index is 12.8. The van der Waals surface area contributed by atoms with E-state index in [2.05, 4.69) is 44.0 Å². The zero-order valence-electron chi connectivity index (χ0n) is 19.4. The molecule has 0 N–H and O–H groups in total. The number of benzene rings is 1. The molecule has 1 aliphatic heterocycles. The molecule has 1 aliphatic rings. The van der Waals surface area contributed by atoms with E-state index in [-0.39, 0.29) is 22.2 Å². The first-order valence-electron chi connectivity index (χ1n) is 10.2. The first-order valence-corrected chi connectivity index (χ1v) is 13.6. The SMILES string of the molecule is CC(O[Si](C)(C)C(C)(C)C)[C@H]1C(=O)N(CC(=O)OC(=O)c2ccc([N+](=O)[O-])cc2)[C@@H]1N=C=S. The van der Waals surface area contributed by atoms with E-state index in [0.29, 0.717) is 0 Å². The Morgan fingerprint density at radius 2 is 1.88 bits per heavy atom. The quantitative estimate of drug-likeness (QED) is 0.0785. The lowest BCUT2D eigenvalue weighted by Gasteiger charge is -2.48. The monoisotopic (exact) mass is 493 g/mol. The highest BCUT2D eigenvalue weighted by Crippen LogP contribution is 2.40. The van der Waals surface area contributed by atoms with E-state index in [1.165, 1.54) is 12.1 Å². The van der Waals surface area contributed by atoms with Gasteiger partial charge in [0.05, 0.1) is 21.8 Å². The van der Waals surface area contributed by atoms with Crippen molar-refractivity contribution >= 4 is 49.2 Å². The number of hydrogen-bond acceptors (Lipinski definition) is 9. The number of rotatable bonds is 8. The third kappa shape index (κ3) is 5.96. The summed E-state index contributed by atoms with van der Waals surface area (Å²) in [6, 6.07) is 4.60. The molecule has 1 saturated heterocycles. The second-order valence-electron chi connectivity index (χ2n) is 9.27. The van der Waals surface area contributed by atoms with E-state index < -0.39 is 49.9 Å². The van der Waals surface area contributed by atoms with Gasteiger partial charge in [-0.3, -0.25) is 14.9 Å². The maximum Gasteiger partial charge on any atom is 0.345 e. The molecule has 178 valence electrons. The van der Waals surface area contributed by atoms with Gasteiger partial charge in [-0.1, -0.05) is 20.8 Å². The van der Waals surface area contributed by atoms with Gasteiger partial charge in [-0.25, -0.2) is 14.6 Å². The van der Waals surface area contributed by atoms with Crippen molar-refractivity contribution in [3.05, 3.63) is 39.9 Å². The van der Waals surface area contributed by atoms with E-state index in [9.17, 15) is 24.5 Å². The van der Waals surface area contributed by atoms with Gasteiger partial charge in [0.2, 0.25) is 5.91 Å². The molecule has 1 amide bonds. The summed E-state index contributed by atoms with van der Waals surface area (Å²) in [7, 11) is -2.16. The number of likely N-dealkylation sites (tertiary alicyclic amines) is 1. The summed E-state index contributed by atoms with van der Waals surface area (Å²) in [5.41, 5.74) is -0.239. The largest absolute Gasteiger partial charge is 0.413 e. The third-order valence-electron chi connectivity index (χ3n) is 6.01. The topological polar surface area (TPSA) is 128 Å². The highest BCUT2D eigenvalue weighted by atomic mass is 32.1. The first kappa shape index (κ1) is 26.5. The molecule has 3 atom stereocenters. The lowest BCUT2D eigenvalue weighted by molar-refractivity contribution is -0.384. The highest BCUT2D eigenvalue weighted by molar-refractivity contribution is 7.78. The molecule has 0 saturated carbocycles. The van der Waals surface area contributed by atoms with Crippen LogP contribution in [0.2, 0.25) is 18.1 Å². The summed E-state index contributed by atoms with van der Waals surface area (Å²) in [6.07, 6.45) is -1.21. The molecule has 1 unspecified atom stereocenters. The predicted octanol–water partition coefficient (Wildman–Crippen LogP) is 3.58. The zero-order valence-corrected chi connectivity index (χ0v) is 21.2. The summed E-state index contributed by atoms with van der Waals surface area (Å²) >= 11 is 4.70. The van der Waals surface area contributed by atoms with Crippen molar-refractivity contribution in [1.82, 2.24) is 4.90 Å². The Balaban J connectivity index is 2.04. The van der Waals surface area contributed by atoms with Gasteiger partial charge in [-0.2, -0.15) is 0 Å². The number of nitro groups is 1. The molecule has 1 aromatic carbocycles. The Hall–Kier alpha value is -2.79. The molecule has 1 fully saturated rings. The van der Waals surface area contributed by atoms with Crippen molar-refractivity contribution in [1.29, 1.82) is 0 Å². The Morgan fingerprint density at radius 1 is 1.30 bits per heavy atom. The number of β-lactam (4-membered cyclic amide) rings is 1. The van der Waals surface area contributed by atoms with E-state index in [0.717, 1.165) is 17.0 Å². The number of non-ortho nitro benzene ring substituents is 1. The number of nitro benzene ring substituents is 1. The number of aliphatic imine (C=N–C) groups is 1. The van der Waals surface area contributed by atoms with Gasteiger partial charge < -0.3 is 14.1 Å². The number of ether oxygens (including phenoxy) is 1. The average molecular weight is 494 g/mol. The molecule has 0 bridgehead atoms. The van der Waals surface area contributed by atoms with E-state index in [4.69, 9.17) is 21.4 Å². The fraction of sp³-hybridized carbons (Fsp3) is 0.524. The van der Waals surface area contributed by atoms with Gasteiger partial charge in [0.15, 0.2) is 8.32 Å². The van der Waals surface area contributed by atoms with E-state index in [1.54, 1.807) is 6.92 Å². The van der Waals surface area contributed by atoms with Crippen LogP contribution in [0.1, 0.15) is 38.1 Å². The van der Waals surface area contributed by atoms with Crippen molar-refractivity contribution in [2.24, 2.45) is 10.9 Å². The summed E-state index contributed by atoms with van der Waals surface area (Å²) in [5.74, 6) is -2.94. The number of isothiocyanates is 1. The van der Waals surface area contributed by atoms with E-state index >= 15 is 0 Å². The molecular weight excluding hydrogens is 466 g/mol. The number of amides is 1. The number of carbonyl (C=O) groups is 3. The predicted molar refractivity (Wildman–Crippen MR) is 125 cm³/mol. The van der Waals surface area contributed by atoms with Crippen LogP contribution in [0.4, 0.5) is 5.69 Å². The fourth-order valence-corrected chi connectivity index (χ4v) is 4.69. The maximum atomic E-state index is 12.8. The molecule has 1 aromatic rings. The van der Waals surface area contributed by atoms with Crippen LogP contribution in [0, 0.1) is 16.0 Å². The number of hydrogen-bond donors (Lipinski definition) is 0. The zero-order chi connectivity index (χ0) is 25.1. The van der Waals surface area contributed by atoms with Crippen LogP contribution in [-0.4, -0.2) is 60.0 Å². The Labute approximate surface area is 198 Å². The van der Waals surface area contributed by atoms with Crippen LogP contribution in [0.5, 0.6) is 0 Å². The molecule has 33 heavy (non-hydrogen) atoms. The summed E-state index contributed by atoms with van der Waals surface area (Å²) in [5, 5.41) is 12.9. The number of nitrogens with zero attached hydrogens (tertiary/aromatic N) is 3. The summed E-state index contributed by atoms with van der Waals surface area (Å²) in [4.78, 5) is 52.5. The number of carbonyl (C=O) groups excluding carboxylic acids is 3. The smallest absolute Gasteiger partial charge is 0.345 e. The van der Waals surface area contributed by atoms with Crippen LogP contribution >= 0.6 is 12.2 Å². The van der Waals surface area contributed by atoms with Crippen molar-refractivity contribution in [3.63, 3.8) is 0 Å². The first-order chi connectivity index (χ1) is 15.2. The van der Waals surface area contributed by atoms with Gasteiger partial charge in [-0.05, 0) is 49.4 Å². The molecule has 0 aliphatic carbocycles. The number of thiocarbonyl (C=S) groups is 1. The van der Waals surface area contributed by atoms with Crippen molar-refractivity contribution < 1.29 is 28.5 Å². The fourth-order valence-electron chi connectivity index (χ4n) is 3.15. The van der Waals surface area contributed by atoms with Crippen LogP contribution < -0.4 is 0 Å². The van der Waals surface area contributed by atoms with Crippen LogP contribution in [0.15, 0.2) is 29.3 Å². The van der Waals surface area contributed by atoms with Gasteiger partial charge in [0.1, 0.15) is 18.6 Å². The minimum Gasteiger partial charge on any atom is -0.413 e. The van der Waals surface area contributed by atoms with Crippen molar-refractivity contribution in [2.45, 2.75) is 58.1 Å². The minimum absolute atomic E-state index is 0.0355. The van der Waals surface area contributed by atoms with Gasteiger partial charge in [0.25, 0.3) is 5.69 Å². The van der Waals surface area contributed by atoms with Crippen LogP contribution in [-0.2, 0) is 18.8 Å². The third-order valence-corrected chi connectivity index (χ3v) is 10.7. The second-order valence-corrected chi connectivity index (χ2v) is 14.2. The number of esters is 2. The molecule has 2 rings (SSSR count). The highest BCUT2D eigenvalue weighted by Gasteiger charge is 2.53. The lowest BCUT2D eigenvalue weighted by atomic mass is 9.89. The average Bonchev–Trinajstić information content (AvgIpc) is 2.70. The second kappa shape index (κ2) is 10.00. The standard InChI is InChI=1S/C21H27N3O7SSi/c1-13(31-33(5,6)21(2,3)4)17-18(22-12-32)23(19(17)26)11-16(25)30-20(27)14-7-9-15(10-8-14)24(28)29/h7-10,13,17-18H,11H2,1-6H3/t13?,17-,18+/m1/s1. The molecule has 0 aromatic heterocycles. The van der Waals surface area contributed by atoms with Crippen LogP contribution in [0.3, 0.4) is 0 Å². The van der Waals surface area contributed by atoms with Crippen molar-refractivity contribution in [3.8, 4) is 0 Å². The Morgan fingerprint density at radius 3 is 2.36 bits per heavy atom. The molecule has 12 heteroatoms. The summed E-state index contributed by atoms with van der Waals surface area (Å²) < 4.78 is 11.1.